The molecule has 100 valence electrons. The van der Waals surface area contributed by atoms with Crippen molar-refractivity contribution in [2.75, 3.05) is 52.9 Å². The zero-order valence-electron chi connectivity index (χ0n) is 11.4. The summed E-state index contributed by atoms with van der Waals surface area (Å²) in [6.07, 6.45) is 2.34. The van der Waals surface area contributed by atoms with Crippen LogP contribution in [0, 0.1) is 0 Å². The van der Waals surface area contributed by atoms with Crippen molar-refractivity contribution >= 4 is 0 Å². The minimum Gasteiger partial charge on any atom is -0.328 e. The predicted molar refractivity (Wildman–Crippen MR) is 72.2 cm³/mol. The van der Waals surface area contributed by atoms with Gasteiger partial charge in [0.2, 0.25) is 0 Å². The first-order valence-electron chi connectivity index (χ1n) is 7.05. The normalized spacial score (nSPS) is 34.1. The summed E-state index contributed by atoms with van der Waals surface area (Å²) in [6, 6.07) is 1.11. The van der Waals surface area contributed by atoms with Gasteiger partial charge in [-0.3, -0.25) is 9.80 Å². The molecule has 2 aliphatic rings. The van der Waals surface area contributed by atoms with Gasteiger partial charge >= 0.3 is 0 Å². The molecular formula is C13H28N4. The van der Waals surface area contributed by atoms with Gasteiger partial charge in [-0.05, 0) is 33.4 Å². The summed E-state index contributed by atoms with van der Waals surface area (Å²) in [4.78, 5) is 7.63. The maximum atomic E-state index is 6.00. The molecule has 0 aliphatic carbocycles. The first kappa shape index (κ1) is 13.3. The van der Waals surface area contributed by atoms with E-state index >= 15 is 0 Å². The van der Waals surface area contributed by atoms with E-state index in [1.54, 1.807) is 0 Å². The molecular weight excluding hydrogens is 212 g/mol. The molecule has 2 heterocycles. The summed E-state index contributed by atoms with van der Waals surface area (Å²) < 4.78 is 0. The van der Waals surface area contributed by atoms with Crippen LogP contribution in [-0.4, -0.2) is 79.6 Å². The first-order valence-corrected chi connectivity index (χ1v) is 7.05. The summed E-state index contributed by atoms with van der Waals surface area (Å²) in [5.74, 6) is 0. The molecule has 2 fully saturated rings. The average Bonchev–Trinajstić information content (AvgIpc) is 2.30. The number of hydrogen-bond donors (Lipinski definition) is 1. The molecule has 0 aromatic rings. The predicted octanol–water partition coefficient (Wildman–Crippen LogP) is 0.0454. The van der Waals surface area contributed by atoms with Crippen LogP contribution in [0.5, 0.6) is 0 Å². The Bertz CT molecular complexity index is 225. The van der Waals surface area contributed by atoms with Crippen LogP contribution in [0.1, 0.15) is 19.8 Å². The topological polar surface area (TPSA) is 35.7 Å². The fourth-order valence-corrected chi connectivity index (χ4v) is 2.93. The third kappa shape index (κ3) is 3.91. The lowest BCUT2D eigenvalue weighted by Crippen LogP contribution is -2.50. The smallest absolute Gasteiger partial charge is 0.0112 e. The van der Waals surface area contributed by atoms with Gasteiger partial charge in [0, 0.05) is 51.4 Å². The molecule has 2 aliphatic heterocycles. The molecule has 0 saturated carbocycles. The van der Waals surface area contributed by atoms with Gasteiger partial charge < -0.3 is 10.6 Å². The van der Waals surface area contributed by atoms with Crippen LogP contribution in [0.15, 0.2) is 0 Å². The molecule has 2 atom stereocenters. The highest BCUT2D eigenvalue weighted by Gasteiger charge is 2.23. The van der Waals surface area contributed by atoms with Crippen LogP contribution in [-0.2, 0) is 0 Å². The Hall–Kier alpha value is -0.160. The second kappa shape index (κ2) is 6.14. The molecule has 4 heteroatoms. The lowest BCUT2D eigenvalue weighted by Gasteiger charge is -2.39. The second-order valence-electron chi connectivity index (χ2n) is 5.81. The number of likely N-dealkylation sites (N-methyl/N-ethyl adjacent to an activating group) is 1. The van der Waals surface area contributed by atoms with Crippen molar-refractivity contribution in [1.29, 1.82) is 0 Å². The molecule has 2 unspecified atom stereocenters. The van der Waals surface area contributed by atoms with E-state index in [0.29, 0.717) is 12.1 Å². The lowest BCUT2D eigenvalue weighted by molar-refractivity contribution is 0.102. The monoisotopic (exact) mass is 240 g/mol. The summed E-state index contributed by atoms with van der Waals surface area (Å²) in [7, 11) is 2.21. The zero-order chi connectivity index (χ0) is 12.3. The Balaban J connectivity index is 1.67. The standard InChI is InChI=1S/C13H28N4/c1-12-11-13(14)3-4-17(12)10-9-16-7-5-15(2)6-8-16/h12-13H,3-11,14H2,1-2H3. The minimum absolute atomic E-state index is 0.435. The number of piperidine rings is 1. The van der Waals surface area contributed by atoms with Gasteiger partial charge in [-0.2, -0.15) is 0 Å². The number of hydrogen-bond acceptors (Lipinski definition) is 4. The Kier molecular flexibility index (Phi) is 4.79. The van der Waals surface area contributed by atoms with Gasteiger partial charge in [0.05, 0.1) is 0 Å². The van der Waals surface area contributed by atoms with E-state index in [2.05, 4.69) is 28.7 Å². The van der Waals surface area contributed by atoms with Crippen LogP contribution < -0.4 is 5.73 Å². The molecule has 2 N–H and O–H groups in total. The summed E-state index contributed by atoms with van der Waals surface area (Å²) in [5, 5.41) is 0. The van der Waals surface area contributed by atoms with Crippen molar-refractivity contribution in [3.63, 3.8) is 0 Å². The van der Waals surface area contributed by atoms with Crippen molar-refractivity contribution in [2.24, 2.45) is 5.73 Å². The van der Waals surface area contributed by atoms with Gasteiger partial charge in [0.15, 0.2) is 0 Å². The van der Waals surface area contributed by atoms with Crippen LogP contribution in [0.2, 0.25) is 0 Å². The number of likely N-dealkylation sites (tertiary alicyclic amines) is 1. The fraction of sp³-hybridized carbons (Fsp3) is 1.00. The van der Waals surface area contributed by atoms with E-state index in [0.717, 1.165) is 0 Å². The Labute approximate surface area is 106 Å². The van der Waals surface area contributed by atoms with Crippen LogP contribution in [0.3, 0.4) is 0 Å². The van der Waals surface area contributed by atoms with Gasteiger partial charge in [-0.1, -0.05) is 0 Å². The van der Waals surface area contributed by atoms with Gasteiger partial charge in [0.25, 0.3) is 0 Å². The third-order valence-electron chi connectivity index (χ3n) is 4.35. The van der Waals surface area contributed by atoms with Gasteiger partial charge in [0.1, 0.15) is 0 Å². The highest BCUT2D eigenvalue weighted by Crippen LogP contribution is 2.15. The van der Waals surface area contributed by atoms with Crippen molar-refractivity contribution < 1.29 is 0 Å². The molecule has 0 aromatic heterocycles. The summed E-state index contributed by atoms with van der Waals surface area (Å²) >= 11 is 0. The van der Waals surface area contributed by atoms with E-state index in [9.17, 15) is 0 Å². The number of nitrogens with zero attached hydrogens (tertiary/aromatic N) is 3. The molecule has 0 radical (unpaired) electrons. The molecule has 2 saturated heterocycles. The van der Waals surface area contributed by atoms with E-state index < -0.39 is 0 Å². The maximum Gasteiger partial charge on any atom is 0.0112 e. The highest BCUT2D eigenvalue weighted by molar-refractivity contribution is 4.81. The maximum absolute atomic E-state index is 6.00. The largest absolute Gasteiger partial charge is 0.328 e. The lowest BCUT2D eigenvalue weighted by atomic mass is 9.99. The number of rotatable bonds is 3. The Morgan fingerprint density at radius 2 is 1.76 bits per heavy atom. The van der Waals surface area contributed by atoms with E-state index in [1.165, 1.54) is 58.7 Å². The molecule has 4 nitrogen and oxygen atoms in total. The molecule has 0 amide bonds. The molecule has 2 rings (SSSR count). The quantitative estimate of drug-likeness (QED) is 0.756. The average molecular weight is 240 g/mol. The molecule has 0 bridgehead atoms. The molecule has 17 heavy (non-hydrogen) atoms. The number of nitrogens with two attached hydrogens (primary N) is 1. The van der Waals surface area contributed by atoms with Crippen molar-refractivity contribution in [3.05, 3.63) is 0 Å². The molecule has 0 aromatic carbocycles. The van der Waals surface area contributed by atoms with E-state index in [4.69, 9.17) is 5.73 Å². The van der Waals surface area contributed by atoms with Crippen LogP contribution in [0.4, 0.5) is 0 Å². The van der Waals surface area contributed by atoms with Gasteiger partial charge in [-0.15, -0.1) is 0 Å². The Morgan fingerprint density at radius 1 is 1.06 bits per heavy atom. The minimum atomic E-state index is 0.435. The summed E-state index contributed by atoms with van der Waals surface area (Å²) in [5.41, 5.74) is 6.00. The highest BCUT2D eigenvalue weighted by atomic mass is 15.3. The SMILES string of the molecule is CC1CC(N)CCN1CCN1CCN(C)CC1. The van der Waals surface area contributed by atoms with Crippen molar-refractivity contribution in [1.82, 2.24) is 14.7 Å². The molecule has 0 spiro atoms. The second-order valence-corrected chi connectivity index (χ2v) is 5.81. The van der Waals surface area contributed by atoms with Crippen LogP contribution in [0.25, 0.3) is 0 Å². The van der Waals surface area contributed by atoms with E-state index in [1.807, 2.05) is 0 Å². The fourth-order valence-electron chi connectivity index (χ4n) is 2.93. The van der Waals surface area contributed by atoms with Crippen molar-refractivity contribution in [2.45, 2.75) is 31.8 Å². The van der Waals surface area contributed by atoms with Crippen molar-refractivity contribution in [3.8, 4) is 0 Å². The number of piperazine rings is 1. The summed E-state index contributed by atoms with van der Waals surface area (Å²) in [6.45, 7) is 10.9. The Morgan fingerprint density at radius 3 is 2.41 bits per heavy atom. The third-order valence-corrected chi connectivity index (χ3v) is 4.35. The van der Waals surface area contributed by atoms with Crippen LogP contribution >= 0.6 is 0 Å². The van der Waals surface area contributed by atoms with Gasteiger partial charge in [-0.25, -0.2) is 0 Å². The first-order chi connectivity index (χ1) is 8.15. The van der Waals surface area contributed by atoms with E-state index in [-0.39, 0.29) is 0 Å². The zero-order valence-corrected chi connectivity index (χ0v) is 11.4.